The van der Waals surface area contributed by atoms with Gasteiger partial charge in [0.15, 0.2) is 5.82 Å². The minimum Gasteiger partial charge on any atom is -0.495 e. The topological polar surface area (TPSA) is 88.3 Å². The maximum absolute atomic E-state index is 6.14. The van der Waals surface area contributed by atoms with Crippen LogP contribution >= 0.6 is 11.8 Å². The maximum atomic E-state index is 6.14. The van der Waals surface area contributed by atoms with Crippen LogP contribution in [0.3, 0.4) is 0 Å². The SMILES string of the molecule is COc1ccc(OC[C@@H](N)CCSC)c2cc(-c3nc(C)no3)n(C)c12. The molecular formula is C18H24N4O3S. The Morgan fingerprint density at radius 3 is 2.77 bits per heavy atom. The highest BCUT2D eigenvalue weighted by Crippen LogP contribution is 2.38. The van der Waals surface area contributed by atoms with E-state index in [1.165, 1.54) is 0 Å². The van der Waals surface area contributed by atoms with Crippen molar-refractivity contribution < 1.29 is 14.0 Å². The molecule has 0 unspecified atom stereocenters. The van der Waals surface area contributed by atoms with Crippen molar-refractivity contribution in [2.75, 3.05) is 25.7 Å². The third-order valence-corrected chi connectivity index (χ3v) is 4.87. The summed E-state index contributed by atoms with van der Waals surface area (Å²) >= 11 is 1.79. The van der Waals surface area contributed by atoms with Crippen LogP contribution in [0.15, 0.2) is 22.7 Å². The average molecular weight is 376 g/mol. The number of benzene rings is 1. The molecule has 3 rings (SSSR count). The zero-order valence-corrected chi connectivity index (χ0v) is 16.3. The van der Waals surface area contributed by atoms with E-state index in [2.05, 4.69) is 16.4 Å². The summed E-state index contributed by atoms with van der Waals surface area (Å²) in [4.78, 5) is 4.33. The first-order valence-electron chi connectivity index (χ1n) is 8.39. The number of ether oxygens (including phenoxy) is 2. The van der Waals surface area contributed by atoms with Crippen molar-refractivity contribution in [1.29, 1.82) is 0 Å². The zero-order valence-electron chi connectivity index (χ0n) is 15.5. The first-order valence-corrected chi connectivity index (χ1v) is 9.79. The summed E-state index contributed by atoms with van der Waals surface area (Å²) in [7, 11) is 3.59. The molecule has 0 spiro atoms. The molecule has 140 valence electrons. The summed E-state index contributed by atoms with van der Waals surface area (Å²) in [6, 6.07) is 5.79. The lowest BCUT2D eigenvalue weighted by molar-refractivity contribution is 0.289. The number of nitrogens with two attached hydrogens (primary N) is 1. The van der Waals surface area contributed by atoms with Crippen LogP contribution in [-0.2, 0) is 7.05 Å². The highest BCUT2D eigenvalue weighted by molar-refractivity contribution is 7.98. The minimum atomic E-state index is 0.00127. The summed E-state index contributed by atoms with van der Waals surface area (Å²) in [6.07, 6.45) is 2.99. The van der Waals surface area contributed by atoms with Gasteiger partial charge in [-0.15, -0.1) is 0 Å². The number of hydrogen-bond acceptors (Lipinski definition) is 7. The molecule has 0 aliphatic rings. The van der Waals surface area contributed by atoms with E-state index in [1.54, 1.807) is 25.8 Å². The van der Waals surface area contributed by atoms with Crippen molar-refractivity contribution in [2.24, 2.45) is 12.8 Å². The number of methoxy groups -OCH3 is 1. The van der Waals surface area contributed by atoms with Gasteiger partial charge >= 0.3 is 0 Å². The second kappa shape index (κ2) is 8.01. The van der Waals surface area contributed by atoms with Crippen molar-refractivity contribution in [3.05, 3.63) is 24.0 Å². The number of aryl methyl sites for hydroxylation is 2. The Kier molecular flexibility index (Phi) is 5.73. The smallest absolute Gasteiger partial charge is 0.274 e. The van der Waals surface area contributed by atoms with Crippen molar-refractivity contribution in [3.8, 4) is 23.1 Å². The molecule has 1 atom stereocenters. The lowest BCUT2D eigenvalue weighted by Crippen LogP contribution is -2.28. The number of rotatable bonds is 8. The molecule has 0 saturated heterocycles. The van der Waals surface area contributed by atoms with Crippen molar-refractivity contribution in [1.82, 2.24) is 14.7 Å². The van der Waals surface area contributed by atoms with Gasteiger partial charge in [0.25, 0.3) is 5.89 Å². The Labute approximate surface area is 156 Å². The number of fused-ring (bicyclic) bond motifs is 1. The van der Waals surface area contributed by atoms with Gasteiger partial charge in [-0.05, 0) is 43.6 Å². The van der Waals surface area contributed by atoms with E-state index in [0.717, 1.165) is 40.3 Å². The summed E-state index contributed by atoms with van der Waals surface area (Å²) in [5.41, 5.74) is 7.85. The molecule has 3 aromatic rings. The lowest BCUT2D eigenvalue weighted by Gasteiger charge is -2.14. The second-order valence-electron chi connectivity index (χ2n) is 6.12. The highest BCUT2D eigenvalue weighted by atomic mass is 32.2. The molecule has 26 heavy (non-hydrogen) atoms. The van der Waals surface area contributed by atoms with Crippen molar-refractivity contribution in [2.45, 2.75) is 19.4 Å². The summed E-state index contributed by atoms with van der Waals surface area (Å²) < 4.78 is 18.8. The number of hydrogen-bond donors (Lipinski definition) is 1. The molecule has 0 saturated carbocycles. The summed E-state index contributed by atoms with van der Waals surface area (Å²) in [5, 5.41) is 4.80. The largest absolute Gasteiger partial charge is 0.495 e. The Morgan fingerprint density at radius 1 is 1.35 bits per heavy atom. The number of nitrogens with zero attached hydrogens (tertiary/aromatic N) is 3. The Hall–Kier alpha value is -2.19. The van der Waals surface area contributed by atoms with Crippen molar-refractivity contribution >= 4 is 22.7 Å². The van der Waals surface area contributed by atoms with Crippen molar-refractivity contribution in [3.63, 3.8) is 0 Å². The second-order valence-corrected chi connectivity index (χ2v) is 7.10. The van der Waals surface area contributed by atoms with Gasteiger partial charge in [-0.3, -0.25) is 0 Å². The summed E-state index contributed by atoms with van der Waals surface area (Å²) in [6.45, 7) is 2.26. The maximum Gasteiger partial charge on any atom is 0.274 e. The van der Waals surface area contributed by atoms with Gasteiger partial charge in [0.2, 0.25) is 0 Å². The van der Waals surface area contributed by atoms with Gasteiger partial charge in [0.05, 0.1) is 12.6 Å². The van der Waals surface area contributed by atoms with Gasteiger partial charge in [-0.25, -0.2) is 0 Å². The predicted octanol–water partition coefficient (Wildman–Crippen LogP) is 3.00. The number of aromatic nitrogens is 3. The highest BCUT2D eigenvalue weighted by Gasteiger charge is 2.19. The average Bonchev–Trinajstić information content (AvgIpc) is 3.21. The van der Waals surface area contributed by atoms with Gasteiger partial charge in [-0.1, -0.05) is 5.16 Å². The fraction of sp³-hybridized carbons (Fsp3) is 0.444. The molecule has 0 amide bonds. The van der Waals surface area contributed by atoms with Gasteiger partial charge in [0, 0.05) is 18.5 Å². The van der Waals surface area contributed by atoms with Crippen LogP contribution < -0.4 is 15.2 Å². The van der Waals surface area contributed by atoms with E-state index in [4.69, 9.17) is 19.7 Å². The van der Waals surface area contributed by atoms with Crippen LogP contribution in [0.5, 0.6) is 11.5 Å². The Morgan fingerprint density at radius 2 is 2.12 bits per heavy atom. The van der Waals surface area contributed by atoms with Crippen LogP contribution in [-0.4, -0.2) is 46.5 Å². The number of thioether (sulfide) groups is 1. The van der Waals surface area contributed by atoms with E-state index in [0.29, 0.717) is 18.3 Å². The third kappa shape index (κ3) is 3.66. The summed E-state index contributed by atoms with van der Waals surface area (Å²) in [5.74, 6) is 3.59. The molecule has 0 bridgehead atoms. The van der Waals surface area contributed by atoms with Gasteiger partial charge in [-0.2, -0.15) is 16.7 Å². The molecular weight excluding hydrogens is 352 g/mol. The van der Waals surface area contributed by atoms with Crippen LogP contribution in [0.1, 0.15) is 12.2 Å². The Bertz CT molecular complexity index is 890. The standard InChI is InChI=1S/C18H24N4O3S/c1-11-20-18(25-21-11)14-9-13-15(24-10-12(19)7-8-26-4)5-6-16(23-3)17(13)22(14)2/h5-6,9,12H,7-8,10,19H2,1-4H3/t12-/m0/s1. The van der Waals surface area contributed by atoms with Crippen LogP contribution in [0, 0.1) is 6.92 Å². The fourth-order valence-corrected chi connectivity index (χ4v) is 3.39. The molecule has 0 aliphatic heterocycles. The molecule has 2 N–H and O–H groups in total. The minimum absolute atomic E-state index is 0.00127. The van der Waals surface area contributed by atoms with Gasteiger partial charge < -0.3 is 24.3 Å². The van der Waals surface area contributed by atoms with E-state index in [-0.39, 0.29) is 6.04 Å². The molecule has 0 fully saturated rings. The first-order chi connectivity index (χ1) is 12.5. The van der Waals surface area contributed by atoms with Gasteiger partial charge in [0.1, 0.15) is 23.8 Å². The molecule has 7 nitrogen and oxygen atoms in total. The molecule has 0 aliphatic carbocycles. The van der Waals surface area contributed by atoms with Crippen LogP contribution in [0.25, 0.3) is 22.5 Å². The quantitative estimate of drug-likeness (QED) is 0.646. The fourth-order valence-electron chi connectivity index (χ4n) is 2.86. The molecule has 1 aromatic carbocycles. The van der Waals surface area contributed by atoms with Crippen LogP contribution in [0.2, 0.25) is 0 Å². The van der Waals surface area contributed by atoms with E-state index in [1.807, 2.05) is 29.8 Å². The lowest BCUT2D eigenvalue weighted by atomic mass is 10.2. The molecule has 2 heterocycles. The molecule has 8 heteroatoms. The van der Waals surface area contributed by atoms with E-state index < -0.39 is 0 Å². The molecule has 0 radical (unpaired) electrons. The predicted molar refractivity (Wildman–Crippen MR) is 104 cm³/mol. The zero-order chi connectivity index (χ0) is 18.7. The normalized spacial score (nSPS) is 12.5. The first kappa shape index (κ1) is 18.6. The van der Waals surface area contributed by atoms with E-state index >= 15 is 0 Å². The monoisotopic (exact) mass is 376 g/mol. The van der Waals surface area contributed by atoms with E-state index in [9.17, 15) is 0 Å². The Balaban J connectivity index is 1.97. The third-order valence-electron chi connectivity index (χ3n) is 4.23. The molecule has 2 aromatic heterocycles. The van der Waals surface area contributed by atoms with Crippen LogP contribution in [0.4, 0.5) is 0 Å².